The maximum absolute atomic E-state index is 4.32. The summed E-state index contributed by atoms with van der Waals surface area (Å²) >= 11 is 0. The lowest BCUT2D eigenvalue weighted by atomic mass is 10.1. The molecule has 1 aliphatic heterocycles. The normalized spacial score (nSPS) is 18.9. The van der Waals surface area contributed by atoms with Crippen LogP contribution >= 0.6 is 0 Å². The lowest BCUT2D eigenvalue weighted by Gasteiger charge is -2.11. The fraction of sp³-hybridized carbons (Fsp3) is 0.545. The molecular weight excluding hydrogens is 146 g/mol. The fourth-order valence-corrected chi connectivity index (χ4v) is 0.781. The van der Waals surface area contributed by atoms with Crippen LogP contribution in [0.2, 0.25) is 0 Å². The second-order valence-corrected chi connectivity index (χ2v) is 3.18. The van der Waals surface area contributed by atoms with Crippen molar-refractivity contribution in [2.45, 2.75) is 40.2 Å². The van der Waals surface area contributed by atoms with E-state index in [0.717, 1.165) is 0 Å². The standard InChI is InChI=1S/C9H13N.C2H6/c1-8-4-6-9(2,3)10-7-5-8;1-2/h4-7H,1-3H3;1-2H3. The zero-order valence-electron chi connectivity index (χ0n) is 8.76. The van der Waals surface area contributed by atoms with Gasteiger partial charge in [-0.1, -0.05) is 26.0 Å². The third kappa shape index (κ3) is 4.12. The highest BCUT2D eigenvalue weighted by molar-refractivity contribution is 5.74. The molecule has 1 heteroatoms. The van der Waals surface area contributed by atoms with Crippen LogP contribution in [0.4, 0.5) is 0 Å². The van der Waals surface area contributed by atoms with Crippen molar-refractivity contribution in [1.29, 1.82) is 0 Å². The van der Waals surface area contributed by atoms with Crippen molar-refractivity contribution in [3.05, 3.63) is 23.8 Å². The average molecular weight is 165 g/mol. The Morgan fingerprint density at radius 3 is 2.42 bits per heavy atom. The summed E-state index contributed by atoms with van der Waals surface area (Å²) in [5.41, 5.74) is 1.24. The van der Waals surface area contributed by atoms with E-state index < -0.39 is 0 Å². The van der Waals surface area contributed by atoms with Gasteiger partial charge in [0.1, 0.15) is 0 Å². The third-order valence-corrected chi connectivity index (χ3v) is 1.50. The van der Waals surface area contributed by atoms with Crippen LogP contribution in [0.5, 0.6) is 0 Å². The van der Waals surface area contributed by atoms with E-state index in [0.29, 0.717) is 0 Å². The van der Waals surface area contributed by atoms with Crippen LogP contribution < -0.4 is 0 Å². The van der Waals surface area contributed by atoms with Gasteiger partial charge in [0.05, 0.1) is 5.54 Å². The topological polar surface area (TPSA) is 12.4 Å². The molecule has 0 spiro atoms. The van der Waals surface area contributed by atoms with Crippen molar-refractivity contribution in [3.63, 3.8) is 0 Å². The number of nitrogens with zero attached hydrogens (tertiary/aromatic N) is 1. The lowest BCUT2D eigenvalue weighted by molar-refractivity contribution is 0.662. The van der Waals surface area contributed by atoms with E-state index >= 15 is 0 Å². The van der Waals surface area contributed by atoms with E-state index in [9.17, 15) is 0 Å². The van der Waals surface area contributed by atoms with Crippen molar-refractivity contribution in [2.75, 3.05) is 0 Å². The zero-order valence-corrected chi connectivity index (χ0v) is 8.76. The van der Waals surface area contributed by atoms with Crippen LogP contribution in [0.25, 0.3) is 0 Å². The van der Waals surface area contributed by atoms with E-state index in [1.54, 1.807) is 0 Å². The Morgan fingerprint density at radius 2 is 1.83 bits per heavy atom. The molecule has 1 rings (SSSR count). The van der Waals surface area contributed by atoms with Gasteiger partial charge in [-0.3, -0.25) is 4.99 Å². The van der Waals surface area contributed by atoms with Gasteiger partial charge < -0.3 is 0 Å². The highest BCUT2D eigenvalue weighted by Gasteiger charge is 2.10. The number of aliphatic imine (C=N–C) groups is 1. The Labute approximate surface area is 75.9 Å². The Morgan fingerprint density at radius 1 is 1.25 bits per heavy atom. The first-order chi connectivity index (χ1) is 5.60. The minimum Gasteiger partial charge on any atom is -0.283 e. The molecule has 0 saturated heterocycles. The third-order valence-electron chi connectivity index (χ3n) is 1.50. The van der Waals surface area contributed by atoms with Gasteiger partial charge in [0, 0.05) is 6.21 Å². The van der Waals surface area contributed by atoms with Crippen molar-refractivity contribution in [2.24, 2.45) is 4.99 Å². The Bertz CT molecular complexity index is 207. The first kappa shape index (κ1) is 11.2. The molecule has 0 aliphatic carbocycles. The summed E-state index contributed by atoms with van der Waals surface area (Å²) in [6.07, 6.45) is 8.11. The first-order valence-electron chi connectivity index (χ1n) is 4.51. The fourth-order valence-electron chi connectivity index (χ4n) is 0.781. The van der Waals surface area contributed by atoms with Gasteiger partial charge in [-0.2, -0.15) is 0 Å². The van der Waals surface area contributed by atoms with Crippen LogP contribution in [0.15, 0.2) is 28.8 Å². The quantitative estimate of drug-likeness (QED) is 0.522. The molecule has 0 atom stereocenters. The zero-order chi connectivity index (χ0) is 9.61. The number of rotatable bonds is 0. The molecule has 0 aromatic carbocycles. The molecule has 0 radical (unpaired) electrons. The molecule has 1 heterocycles. The van der Waals surface area contributed by atoms with Gasteiger partial charge in [-0.15, -0.1) is 0 Å². The van der Waals surface area contributed by atoms with Crippen LogP contribution in [-0.4, -0.2) is 11.8 Å². The summed E-state index contributed by atoms with van der Waals surface area (Å²) in [6.45, 7) is 10.3. The van der Waals surface area contributed by atoms with Crippen LogP contribution in [0.3, 0.4) is 0 Å². The maximum atomic E-state index is 4.32. The van der Waals surface area contributed by atoms with Gasteiger partial charge in [0.25, 0.3) is 0 Å². The number of hydrogen-bond acceptors (Lipinski definition) is 1. The molecule has 0 amide bonds. The van der Waals surface area contributed by atoms with E-state index in [-0.39, 0.29) is 5.54 Å². The van der Waals surface area contributed by atoms with E-state index in [1.807, 2.05) is 26.1 Å². The van der Waals surface area contributed by atoms with Crippen molar-refractivity contribution in [3.8, 4) is 0 Å². The summed E-state index contributed by atoms with van der Waals surface area (Å²) < 4.78 is 0. The van der Waals surface area contributed by atoms with E-state index in [2.05, 4.69) is 37.9 Å². The summed E-state index contributed by atoms with van der Waals surface area (Å²) in [5.74, 6) is 0. The largest absolute Gasteiger partial charge is 0.283 e. The summed E-state index contributed by atoms with van der Waals surface area (Å²) in [6, 6.07) is 0. The van der Waals surface area contributed by atoms with E-state index in [1.165, 1.54) is 5.57 Å². The Balaban J connectivity index is 0.000000561. The first-order valence-corrected chi connectivity index (χ1v) is 4.51. The molecule has 1 nitrogen and oxygen atoms in total. The van der Waals surface area contributed by atoms with Crippen LogP contribution in [0.1, 0.15) is 34.6 Å². The Kier molecular flexibility index (Phi) is 4.57. The molecular formula is C11H19N. The molecule has 68 valence electrons. The highest BCUT2D eigenvalue weighted by atomic mass is 14.8. The summed E-state index contributed by atoms with van der Waals surface area (Å²) in [7, 11) is 0. The minimum atomic E-state index is -0.0196. The molecule has 12 heavy (non-hydrogen) atoms. The smallest absolute Gasteiger partial charge is 0.0734 e. The molecule has 1 aliphatic rings. The summed E-state index contributed by atoms with van der Waals surface area (Å²) in [4.78, 5) is 4.32. The van der Waals surface area contributed by atoms with Crippen molar-refractivity contribution in [1.82, 2.24) is 0 Å². The molecule has 0 unspecified atom stereocenters. The molecule has 0 saturated carbocycles. The van der Waals surface area contributed by atoms with Crippen molar-refractivity contribution < 1.29 is 0 Å². The SMILES string of the molecule is CC.CC1=CC=NC(C)(C)C=C1. The Hall–Kier alpha value is -0.850. The van der Waals surface area contributed by atoms with E-state index in [4.69, 9.17) is 0 Å². The number of hydrogen-bond donors (Lipinski definition) is 0. The monoisotopic (exact) mass is 165 g/mol. The lowest BCUT2D eigenvalue weighted by Crippen LogP contribution is -2.11. The average Bonchev–Trinajstić information content (AvgIpc) is 2.17. The van der Waals surface area contributed by atoms with Gasteiger partial charge in [0.15, 0.2) is 0 Å². The molecule has 0 N–H and O–H groups in total. The van der Waals surface area contributed by atoms with Crippen LogP contribution in [0, 0.1) is 0 Å². The molecule has 0 fully saturated rings. The summed E-state index contributed by atoms with van der Waals surface area (Å²) in [5, 5.41) is 0. The van der Waals surface area contributed by atoms with Gasteiger partial charge >= 0.3 is 0 Å². The molecule has 0 aromatic rings. The van der Waals surface area contributed by atoms with Gasteiger partial charge in [-0.25, -0.2) is 0 Å². The maximum Gasteiger partial charge on any atom is 0.0734 e. The van der Waals surface area contributed by atoms with Crippen LogP contribution in [-0.2, 0) is 0 Å². The predicted molar refractivity (Wildman–Crippen MR) is 56.8 cm³/mol. The van der Waals surface area contributed by atoms with Gasteiger partial charge in [0.2, 0.25) is 0 Å². The minimum absolute atomic E-state index is 0.0196. The molecule has 0 bridgehead atoms. The van der Waals surface area contributed by atoms with Gasteiger partial charge in [-0.05, 0) is 32.4 Å². The number of allylic oxidation sites excluding steroid dienone is 3. The predicted octanol–water partition coefficient (Wildman–Crippen LogP) is 3.38. The van der Waals surface area contributed by atoms with Crippen molar-refractivity contribution >= 4 is 6.21 Å². The second kappa shape index (κ2) is 4.91. The molecule has 0 aromatic heterocycles. The second-order valence-electron chi connectivity index (χ2n) is 3.18. The highest BCUT2D eigenvalue weighted by Crippen LogP contribution is 2.13.